The first-order valence-corrected chi connectivity index (χ1v) is 5.68. The molecule has 88 valence electrons. The quantitative estimate of drug-likeness (QED) is 0.828. The van der Waals surface area contributed by atoms with Gasteiger partial charge in [-0.1, -0.05) is 17.7 Å². The Labute approximate surface area is 96.8 Å². The molecule has 1 aliphatic rings. The SMILES string of the molecule is COc1c(C)cc(C)cc1C1COCCN1. The third-order valence-electron chi connectivity index (χ3n) is 2.95. The van der Waals surface area contributed by atoms with Crippen molar-refractivity contribution in [1.82, 2.24) is 5.32 Å². The van der Waals surface area contributed by atoms with Crippen LogP contribution < -0.4 is 10.1 Å². The Morgan fingerprint density at radius 2 is 2.19 bits per heavy atom. The van der Waals surface area contributed by atoms with Gasteiger partial charge in [0.05, 0.1) is 26.4 Å². The molecule has 0 saturated carbocycles. The van der Waals surface area contributed by atoms with Crippen molar-refractivity contribution in [2.24, 2.45) is 0 Å². The highest BCUT2D eigenvalue weighted by molar-refractivity contribution is 5.45. The third kappa shape index (κ3) is 2.20. The maximum atomic E-state index is 5.50. The van der Waals surface area contributed by atoms with E-state index >= 15 is 0 Å². The number of methoxy groups -OCH3 is 1. The second-order valence-electron chi connectivity index (χ2n) is 4.29. The molecule has 0 aromatic heterocycles. The van der Waals surface area contributed by atoms with Crippen molar-refractivity contribution in [2.75, 3.05) is 26.9 Å². The minimum atomic E-state index is 0.252. The van der Waals surface area contributed by atoms with Crippen molar-refractivity contribution in [3.8, 4) is 5.75 Å². The first-order chi connectivity index (χ1) is 7.72. The van der Waals surface area contributed by atoms with Crippen LogP contribution in [0.5, 0.6) is 5.75 Å². The van der Waals surface area contributed by atoms with Gasteiger partial charge in [-0.2, -0.15) is 0 Å². The highest BCUT2D eigenvalue weighted by Gasteiger charge is 2.20. The van der Waals surface area contributed by atoms with Gasteiger partial charge in [0, 0.05) is 12.1 Å². The number of hydrogen-bond donors (Lipinski definition) is 1. The molecule has 0 spiro atoms. The fraction of sp³-hybridized carbons (Fsp3) is 0.538. The van der Waals surface area contributed by atoms with E-state index in [-0.39, 0.29) is 6.04 Å². The Kier molecular flexibility index (Phi) is 3.46. The summed E-state index contributed by atoms with van der Waals surface area (Å²) in [6.07, 6.45) is 0. The average molecular weight is 221 g/mol. The van der Waals surface area contributed by atoms with Crippen LogP contribution in [-0.2, 0) is 4.74 Å². The minimum Gasteiger partial charge on any atom is -0.496 e. The molecule has 1 N–H and O–H groups in total. The number of nitrogens with one attached hydrogen (secondary N) is 1. The zero-order chi connectivity index (χ0) is 11.5. The van der Waals surface area contributed by atoms with E-state index in [0.29, 0.717) is 0 Å². The number of morpholine rings is 1. The summed E-state index contributed by atoms with van der Waals surface area (Å²) in [5, 5.41) is 3.46. The molecular weight excluding hydrogens is 202 g/mol. The standard InChI is InChI=1S/C13H19NO2/c1-9-6-10(2)13(15-3)11(7-9)12-8-16-5-4-14-12/h6-7,12,14H,4-5,8H2,1-3H3. The van der Waals surface area contributed by atoms with Crippen molar-refractivity contribution in [3.05, 3.63) is 28.8 Å². The van der Waals surface area contributed by atoms with Gasteiger partial charge in [-0.3, -0.25) is 0 Å². The Balaban J connectivity index is 2.36. The van der Waals surface area contributed by atoms with Gasteiger partial charge in [0.25, 0.3) is 0 Å². The maximum absolute atomic E-state index is 5.50. The Morgan fingerprint density at radius 1 is 1.38 bits per heavy atom. The predicted molar refractivity (Wildman–Crippen MR) is 64.0 cm³/mol. The summed E-state index contributed by atoms with van der Waals surface area (Å²) in [6.45, 7) is 6.61. The van der Waals surface area contributed by atoms with E-state index in [1.54, 1.807) is 7.11 Å². The van der Waals surface area contributed by atoms with E-state index < -0.39 is 0 Å². The fourth-order valence-corrected chi connectivity index (χ4v) is 2.29. The van der Waals surface area contributed by atoms with Gasteiger partial charge in [-0.05, 0) is 19.4 Å². The summed E-state index contributed by atoms with van der Waals surface area (Å²) >= 11 is 0. The molecule has 1 aliphatic heterocycles. The summed E-state index contributed by atoms with van der Waals surface area (Å²) < 4.78 is 11.0. The largest absolute Gasteiger partial charge is 0.496 e. The molecule has 3 nitrogen and oxygen atoms in total. The van der Waals surface area contributed by atoms with E-state index in [2.05, 4.69) is 31.3 Å². The third-order valence-corrected chi connectivity index (χ3v) is 2.95. The van der Waals surface area contributed by atoms with Gasteiger partial charge in [0.15, 0.2) is 0 Å². The number of aryl methyl sites for hydroxylation is 2. The lowest BCUT2D eigenvalue weighted by molar-refractivity contribution is 0.0760. The van der Waals surface area contributed by atoms with Crippen molar-refractivity contribution in [3.63, 3.8) is 0 Å². The van der Waals surface area contributed by atoms with Gasteiger partial charge in [0.2, 0.25) is 0 Å². The van der Waals surface area contributed by atoms with Gasteiger partial charge < -0.3 is 14.8 Å². The summed E-state index contributed by atoms with van der Waals surface area (Å²) in [4.78, 5) is 0. The molecule has 0 amide bonds. The lowest BCUT2D eigenvalue weighted by Crippen LogP contribution is -2.34. The first-order valence-electron chi connectivity index (χ1n) is 5.68. The molecule has 0 radical (unpaired) electrons. The minimum absolute atomic E-state index is 0.252. The molecule has 2 rings (SSSR count). The van der Waals surface area contributed by atoms with E-state index in [0.717, 1.165) is 25.5 Å². The molecule has 1 aromatic rings. The zero-order valence-electron chi connectivity index (χ0n) is 10.2. The van der Waals surface area contributed by atoms with Crippen LogP contribution in [-0.4, -0.2) is 26.9 Å². The van der Waals surface area contributed by atoms with Crippen LogP contribution in [0.1, 0.15) is 22.7 Å². The normalized spacial score (nSPS) is 20.8. The Morgan fingerprint density at radius 3 is 2.81 bits per heavy atom. The van der Waals surface area contributed by atoms with E-state index in [9.17, 15) is 0 Å². The fourth-order valence-electron chi connectivity index (χ4n) is 2.29. The molecule has 1 heterocycles. The van der Waals surface area contributed by atoms with Gasteiger partial charge in [-0.15, -0.1) is 0 Å². The number of rotatable bonds is 2. The molecule has 1 fully saturated rings. The van der Waals surface area contributed by atoms with Crippen molar-refractivity contribution in [2.45, 2.75) is 19.9 Å². The smallest absolute Gasteiger partial charge is 0.126 e. The van der Waals surface area contributed by atoms with Crippen LogP contribution in [0.3, 0.4) is 0 Å². The predicted octanol–water partition coefficient (Wildman–Crippen LogP) is 1.97. The Hall–Kier alpha value is -1.06. The highest BCUT2D eigenvalue weighted by atomic mass is 16.5. The molecule has 3 heteroatoms. The van der Waals surface area contributed by atoms with E-state index in [1.165, 1.54) is 16.7 Å². The lowest BCUT2D eigenvalue weighted by atomic mass is 9.99. The molecule has 1 atom stereocenters. The molecule has 16 heavy (non-hydrogen) atoms. The average Bonchev–Trinajstić information content (AvgIpc) is 2.29. The van der Waals surface area contributed by atoms with Crippen LogP contribution in [0.15, 0.2) is 12.1 Å². The van der Waals surface area contributed by atoms with Crippen molar-refractivity contribution < 1.29 is 9.47 Å². The highest BCUT2D eigenvalue weighted by Crippen LogP contribution is 2.31. The summed E-state index contributed by atoms with van der Waals surface area (Å²) in [5.74, 6) is 0.980. The summed E-state index contributed by atoms with van der Waals surface area (Å²) in [6, 6.07) is 4.58. The van der Waals surface area contributed by atoms with E-state index in [1.807, 2.05) is 0 Å². The molecule has 1 unspecified atom stereocenters. The second kappa shape index (κ2) is 4.85. The van der Waals surface area contributed by atoms with Gasteiger partial charge in [-0.25, -0.2) is 0 Å². The number of ether oxygens (including phenoxy) is 2. The van der Waals surface area contributed by atoms with Crippen molar-refractivity contribution in [1.29, 1.82) is 0 Å². The van der Waals surface area contributed by atoms with Crippen LogP contribution in [0.25, 0.3) is 0 Å². The van der Waals surface area contributed by atoms with Crippen molar-refractivity contribution >= 4 is 0 Å². The monoisotopic (exact) mass is 221 g/mol. The summed E-state index contributed by atoms with van der Waals surface area (Å²) in [5.41, 5.74) is 3.66. The van der Waals surface area contributed by atoms with Gasteiger partial charge in [0.1, 0.15) is 5.75 Å². The van der Waals surface area contributed by atoms with Crippen LogP contribution in [0, 0.1) is 13.8 Å². The molecule has 1 saturated heterocycles. The Bertz CT molecular complexity index is 370. The zero-order valence-corrected chi connectivity index (χ0v) is 10.2. The van der Waals surface area contributed by atoms with Crippen LogP contribution in [0.2, 0.25) is 0 Å². The number of hydrogen-bond acceptors (Lipinski definition) is 3. The maximum Gasteiger partial charge on any atom is 0.126 e. The van der Waals surface area contributed by atoms with Crippen LogP contribution in [0.4, 0.5) is 0 Å². The second-order valence-corrected chi connectivity index (χ2v) is 4.29. The van der Waals surface area contributed by atoms with Gasteiger partial charge >= 0.3 is 0 Å². The first kappa shape index (κ1) is 11.4. The molecule has 1 aromatic carbocycles. The summed E-state index contributed by atoms with van der Waals surface area (Å²) in [7, 11) is 1.73. The number of benzene rings is 1. The van der Waals surface area contributed by atoms with E-state index in [4.69, 9.17) is 9.47 Å². The lowest BCUT2D eigenvalue weighted by Gasteiger charge is -2.26. The van der Waals surface area contributed by atoms with Crippen LogP contribution >= 0.6 is 0 Å². The molecule has 0 bridgehead atoms. The molecule has 0 aliphatic carbocycles. The molecular formula is C13H19NO2. The topological polar surface area (TPSA) is 30.5 Å².